The van der Waals surface area contributed by atoms with Crippen molar-refractivity contribution in [1.29, 1.82) is 0 Å². The summed E-state index contributed by atoms with van der Waals surface area (Å²) in [5.41, 5.74) is -0.159. The highest BCUT2D eigenvalue weighted by molar-refractivity contribution is 6.04. The first-order valence-electron chi connectivity index (χ1n) is 8.82. The number of likely N-dealkylation sites (tertiary alicyclic amines) is 1. The van der Waals surface area contributed by atoms with E-state index in [9.17, 15) is 19.8 Å². The maximum Gasteiger partial charge on any atom is 0.342 e. The first-order chi connectivity index (χ1) is 12.4. The molecule has 1 heterocycles. The Morgan fingerprint density at radius 1 is 1.12 bits per heavy atom. The summed E-state index contributed by atoms with van der Waals surface area (Å²) in [5, 5.41) is 21.2. The Morgan fingerprint density at radius 3 is 2.38 bits per heavy atom. The molecule has 1 aliphatic heterocycles. The lowest BCUT2D eigenvalue weighted by Crippen LogP contribution is -2.49. The summed E-state index contributed by atoms with van der Waals surface area (Å²) in [6.45, 7) is 3.59. The molecule has 26 heavy (non-hydrogen) atoms. The van der Waals surface area contributed by atoms with E-state index in [1.165, 1.54) is 0 Å². The van der Waals surface area contributed by atoms with Gasteiger partial charge in [-0.25, -0.2) is 4.79 Å². The summed E-state index contributed by atoms with van der Waals surface area (Å²) < 4.78 is 5.12. The minimum atomic E-state index is -0.839. The number of hydrogen-bond donors (Lipinski definition) is 2. The number of benzene rings is 2. The fourth-order valence-electron chi connectivity index (χ4n) is 3.69. The number of ether oxygens (including phenoxy) is 1. The van der Waals surface area contributed by atoms with Gasteiger partial charge in [0.1, 0.15) is 17.1 Å². The Morgan fingerprint density at radius 2 is 1.73 bits per heavy atom. The van der Waals surface area contributed by atoms with Crippen LogP contribution in [0.15, 0.2) is 30.3 Å². The van der Waals surface area contributed by atoms with E-state index in [0.717, 1.165) is 25.3 Å². The van der Waals surface area contributed by atoms with Crippen molar-refractivity contribution in [2.45, 2.75) is 45.2 Å². The molecule has 0 aromatic heterocycles. The number of piperidine rings is 1. The number of rotatable bonds is 3. The zero-order valence-corrected chi connectivity index (χ0v) is 14.9. The van der Waals surface area contributed by atoms with Crippen LogP contribution in [0.4, 0.5) is 0 Å². The number of hydrogen-bond acceptors (Lipinski definition) is 5. The zero-order chi connectivity index (χ0) is 18.8. The van der Waals surface area contributed by atoms with Crippen molar-refractivity contribution in [3.8, 4) is 11.5 Å². The van der Waals surface area contributed by atoms with Crippen molar-refractivity contribution < 1.29 is 24.5 Å². The summed E-state index contributed by atoms with van der Waals surface area (Å²) >= 11 is 0. The first-order valence-corrected chi connectivity index (χ1v) is 8.82. The minimum absolute atomic E-state index is 0.114. The van der Waals surface area contributed by atoms with E-state index in [1.807, 2.05) is 13.8 Å². The van der Waals surface area contributed by atoms with Crippen LogP contribution in [0.5, 0.6) is 11.5 Å². The van der Waals surface area contributed by atoms with Crippen LogP contribution in [0.3, 0.4) is 0 Å². The molecule has 2 atom stereocenters. The third-order valence-electron chi connectivity index (χ3n) is 5.02. The van der Waals surface area contributed by atoms with Gasteiger partial charge in [0.15, 0.2) is 6.61 Å². The second-order valence-corrected chi connectivity index (χ2v) is 6.84. The molecule has 2 aromatic carbocycles. The van der Waals surface area contributed by atoms with Crippen molar-refractivity contribution in [1.82, 2.24) is 4.90 Å². The Kier molecular flexibility index (Phi) is 5.02. The number of amides is 1. The van der Waals surface area contributed by atoms with Gasteiger partial charge in [0.25, 0.3) is 5.91 Å². The van der Waals surface area contributed by atoms with E-state index in [-0.39, 0.29) is 41.7 Å². The molecule has 0 saturated carbocycles. The molecule has 6 nitrogen and oxygen atoms in total. The molecule has 2 N–H and O–H groups in total. The second-order valence-electron chi connectivity index (χ2n) is 6.84. The van der Waals surface area contributed by atoms with Gasteiger partial charge >= 0.3 is 5.97 Å². The van der Waals surface area contributed by atoms with E-state index in [1.54, 1.807) is 29.2 Å². The minimum Gasteiger partial charge on any atom is -0.507 e. The highest BCUT2D eigenvalue weighted by Gasteiger charge is 2.29. The van der Waals surface area contributed by atoms with Crippen LogP contribution in [0.1, 0.15) is 43.5 Å². The molecule has 6 heteroatoms. The van der Waals surface area contributed by atoms with Gasteiger partial charge in [0.2, 0.25) is 0 Å². The normalized spacial score (nSPS) is 20.2. The lowest BCUT2D eigenvalue weighted by Gasteiger charge is -2.38. The Labute approximate surface area is 152 Å². The molecule has 1 fully saturated rings. The summed E-state index contributed by atoms with van der Waals surface area (Å²) in [6.07, 6.45) is 2.95. The van der Waals surface area contributed by atoms with Crippen molar-refractivity contribution in [3.63, 3.8) is 0 Å². The lowest BCUT2D eigenvalue weighted by atomic mass is 9.97. The average Bonchev–Trinajstić information content (AvgIpc) is 2.62. The Balaban J connectivity index is 1.75. The largest absolute Gasteiger partial charge is 0.507 e. The van der Waals surface area contributed by atoms with E-state index in [2.05, 4.69) is 0 Å². The highest BCUT2D eigenvalue weighted by atomic mass is 16.5. The molecule has 0 bridgehead atoms. The molecular formula is C20H23NO5. The molecule has 1 amide bonds. The molecule has 0 aliphatic carbocycles. The fourth-order valence-corrected chi connectivity index (χ4v) is 3.69. The van der Waals surface area contributed by atoms with E-state index >= 15 is 0 Å². The molecule has 138 valence electrons. The third kappa shape index (κ3) is 3.31. The number of fused-ring (bicyclic) bond motifs is 1. The van der Waals surface area contributed by atoms with Crippen LogP contribution in [-0.4, -0.2) is 45.7 Å². The molecular weight excluding hydrogens is 334 g/mol. The number of aromatic hydroxyl groups is 2. The van der Waals surface area contributed by atoms with Gasteiger partial charge in [-0.05, 0) is 39.2 Å². The van der Waals surface area contributed by atoms with Crippen LogP contribution >= 0.6 is 0 Å². The topological polar surface area (TPSA) is 87.1 Å². The number of carbonyl (C=O) groups is 2. The van der Waals surface area contributed by atoms with E-state index in [0.29, 0.717) is 10.8 Å². The lowest BCUT2D eigenvalue weighted by molar-refractivity contribution is -0.140. The van der Waals surface area contributed by atoms with Gasteiger partial charge in [0, 0.05) is 22.9 Å². The third-order valence-corrected chi connectivity index (χ3v) is 5.02. The van der Waals surface area contributed by atoms with Crippen LogP contribution in [0.25, 0.3) is 10.8 Å². The molecule has 1 aliphatic rings. The summed E-state index contributed by atoms with van der Waals surface area (Å²) in [5.74, 6) is -1.48. The number of esters is 1. The van der Waals surface area contributed by atoms with Gasteiger partial charge in [-0.1, -0.05) is 24.3 Å². The van der Waals surface area contributed by atoms with Gasteiger partial charge < -0.3 is 19.8 Å². The van der Waals surface area contributed by atoms with Crippen molar-refractivity contribution in [2.75, 3.05) is 6.61 Å². The van der Waals surface area contributed by atoms with Crippen LogP contribution < -0.4 is 0 Å². The molecule has 1 saturated heterocycles. The van der Waals surface area contributed by atoms with Crippen molar-refractivity contribution in [2.24, 2.45) is 0 Å². The first kappa shape index (κ1) is 18.0. The van der Waals surface area contributed by atoms with Gasteiger partial charge in [0.05, 0.1) is 0 Å². The maximum absolute atomic E-state index is 12.5. The average molecular weight is 357 g/mol. The second kappa shape index (κ2) is 7.23. The van der Waals surface area contributed by atoms with Crippen LogP contribution in [0.2, 0.25) is 0 Å². The molecule has 2 aromatic rings. The van der Waals surface area contributed by atoms with Crippen molar-refractivity contribution >= 4 is 22.6 Å². The van der Waals surface area contributed by atoms with E-state index < -0.39 is 5.97 Å². The Bertz CT molecular complexity index is 837. The Hall–Kier alpha value is -2.76. The summed E-state index contributed by atoms with van der Waals surface area (Å²) in [7, 11) is 0. The monoisotopic (exact) mass is 357 g/mol. The zero-order valence-electron chi connectivity index (χ0n) is 14.9. The molecule has 0 radical (unpaired) electrons. The van der Waals surface area contributed by atoms with Crippen LogP contribution in [0, 0.1) is 0 Å². The van der Waals surface area contributed by atoms with Gasteiger partial charge in [-0.15, -0.1) is 0 Å². The van der Waals surface area contributed by atoms with Gasteiger partial charge in [-0.3, -0.25) is 4.79 Å². The smallest absolute Gasteiger partial charge is 0.342 e. The quantitative estimate of drug-likeness (QED) is 0.651. The standard InChI is InChI=1S/C20H23NO5/c1-12-6-5-7-13(2)21(12)18(23)11-26-20(25)16-10-17(22)14-8-3-4-9-15(14)19(16)24/h3-4,8-10,12-13,22,24H,5-7,11H2,1-2H3/t12-,13-/m1/s1. The highest BCUT2D eigenvalue weighted by Crippen LogP contribution is 2.35. The molecule has 0 spiro atoms. The summed E-state index contributed by atoms with van der Waals surface area (Å²) in [6, 6.07) is 8.05. The maximum atomic E-state index is 12.5. The number of nitrogens with zero attached hydrogens (tertiary/aromatic N) is 1. The fraction of sp³-hybridized carbons (Fsp3) is 0.400. The molecule has 0 unspecified atom stereocenters. The van der Waals surface area contributed by atoms with Crippen LogP contribution in [-0.2, 0) is 9.53 Å². The van der Waals surface area contributed by atoms with E-state index in [4.69, 9.17) is 4.74 Å². The van der Waals surface area contributed by atoms with Crippen molar-refractivity contribution in [3.05, 3.63) is 35.9 Å². The predicted molar refractivity (Wildman–Crippen MR) is 97.2 cm³/mol. The summed E-state index contributed by atoms with van der Waals surface area (Å²) in [4.78, 5) is 26.6. The number of carbonyl (C=O) groups excluding carboxylic acids is 2. The molecule has 3 rings (SSSR count). The number of phenols is 2. The van der Waals surface area contributed by atoms with Gasteiger partial charge in [-0.2, -0.15) is 0 Å². The predicted octanol–water partition coefficient (Wildman–Crippen LogP) is 3.20. The number of phenolic OH excluding ortho intramolecular Hbond substituents is 2. The SMILES string of the molecule is C[C@@H]1CCC[C@@H](C)N1C(=O)COC(=O)c1cc(O)c2ccccc2c1O.